The first-order valence-corrected chi connectivity index (χ1v) is 7.23. The number of nitrogens with one attached hydrogen (secondary N) is 1. The summed E-state index contributed by atoms with van der Waals surface area (Å²) in [6.07, 6.45) is 1.91. The average molecular weight is 219 g/mol. The molecule has 0 aliphatic carbocycles. The normalized spacial score (nSPS) is 30.1. The molecule has 1 saturated heterocycles. The molecule has 0 aromatic rings. The molecule has 3 nitrogen and oxygen atoms in total. The highest BCUT2D eigenvalue weighted by molar-refractivity contribution is 7.91. The Balaban J connectivity index is 2.39. The molecule has 0 saturated carbocycles. The Labute approximate surface area is 87.2 Å². The van der Waals surface area contributed by atoms with E-state index in [2.05, 4.69) is 26.1 Å². The molecule has 0 spiro atoms. The first kappa shape index (κ1) is 12.0. The van der Waals surface area contributed by atoms with E-state index < -0.39 is 9.84 Å². The monoisotopic (exact) mass is 219 g/mol. The Bertz CT molecular complexity index is 274. The zero-order chi connectivity index (χ0) is 10.8. The smallest absolute Gasteiger partial charge is 0.151 e. The fourth-order valence-corrected chi connectivity index (χ4v) is 3.50. The number of hydrogen-bond acceptors (Lipinski definition) is 3. The van der Waals surface area contributed by atoms with Crippen LogP contribution in [0.2, 0.25) is 0 Å². The highest BCUT2D eigenvalue weighted by Crippen LogP contribution is 2.14. The van der Waals surface area contributed by atoms with E-state index in [0.717, 1.165) is 12.8 Å². The third kappa shape index (κ3) is 3.24. The van der Waals surface area contributed by atoms with Gasteiger partial charge < -0.3 is 5.32 Å². The maximum atomic E-state index is 11.2. The molecule has 0 radical (unpaired) electrons. The highest BCUT2D eigenvalue weighted by atomic mass is 32.2. The molecular formula is C10H21NO2S. The molecule has 1 N–H and O–H groups in total. The SMILES string of the molecule is CC[C@H](C)[C@H](C)N[C@H]1CCS(=O)(=O)C1. The van der Waals surface area contributed by atoms with Crippen molar-refractivity contribution in [3.8, 4) is 0 Å². The third-order valence-corrected chi connectivity index (χ3v) is 5.00. The van der Waals surface area contributed by atoms with E-state index in [0.29, 0.717) is 23.5 Å². The fraction of sp³-hybridized carbons (Fsp3) is 1.00. The Morgan fingerprint density at radius 1 is 1.43 bits per heavy atom. The van der Waals surface area contributed by atoms with Gasteiger partial charge in [0.2, 0.25) is 0 Å². The first-order valence-electron chi connectivity index (χ1n) is 5.41. The Kier molecular flexibility index (Phi) is 3.95. The van der Waals surface area contributed by atoms with Crippen LogP contribution in [0.5, 0.6) is 0 Å². The first-order chi connectivity index (χ1) is 6.44. The lowest BCUT2D eigenvalue weighted by atomic mass is 10.00. The Hall–Kier alpha value is -0.0900. The van der Waals surface area contributed by atoms with Gasteiger partial charge in [-0.1, -0.05) is 20.3 Å². The van der Waals surface area contributed by atoms with Crippen molar-refractivity contribution in [2.24, 2.45) is 5.92 Å². The van der Waals surface area contributed by atoms with Crippen LogP contribution in [0, 0.1) is 5.92 Å². The topological polar surface area (TPSA) is 46.2 Å². The van der Waals surface area contributed by atoms with Gasteiger partial charge in [-0.3, -0.25) is 0 Å². The molecule has 1 aliphatic rings. The summed E-state index contributed by atoms with van der Waals surface area (Å²) in [5.74, 6) is 1.30. The molecule has 4 heteroatoms. The molecule has 3 atom stereocenters. The standard InChI is InChI=1S/C10H21NO2S/c1-4-8(2)9(3)11-10-5-6-14(12,13)7-10/h8-11H,4-7H2,1-3H3/t8-,9-,10-/m0/s1. The van der Waals surface area contributed by atoms with Gasteiger partial charge in [0, 0.05) is 12.1 Å². The predicted octanol–water partition coefficient (Wildman–Crippen LogP) is 1.20. The van der Waals surface area contributed by atoms with E-state index in [9.17, 15) is 8.42 Å². The minimum atomic E-state index is -2.74. The van der Waals surface area contributed by atoms with Crippen LogP contribution in [0.25, 0.3) is 0 Å². The van der Waals surface area contributed by atoms with Crippen molar-refractivity contribution in [1.29, 1.82) is 0 Å². The van der Waals surface area contributed by atoms with Crippen LogP contribution >= 0.6 is 0 Å². The molecule has 1 aliphatic heterocycles. The quantitative estimate of drug-likeness (QED) is 0.773. The van der Waals surface area contributed by atoms with E-state index in [1.165, 1.54) is 0 Å². The van der Waals surface area contributed by atoms with Crippen molar-refractivity contribution < 1.29 is 8.42 Å². The lowest BCUT2D eigenvalue weighted by molar-refractivity contribution is 0.359. The summed E-state index contributed by atoms with van der Waals surface area (Å²) < 4.78 is 22.4. The molecule has 0 unspecified atom stereocenters. The molecule has 84 valence electrons. The van der Waals surface area contributed by atoms with Gasteiger partial charge in [-0.15, -0.1) is 0 Å². The van der Waals surface area contributed by atoms with Gasteiger partial charge in [-0.05, 0) is 19.3 Å². The lowest BCUT2D eigenvalue weighted by Crippen LogP contribution is -2.40. The summed E-state index contributed by atoms with van der Waals surface area (Å²) in [4.78, 5) is 0. The van der Waals surface area contributed by atoms with Gasteiger partial charge in [0.1, 0.15) is 0 Å². The fourth-order valence-electron chi connectivity index (χ4n) is 1.82. The van der Waals surface area contributed by atoms with Crippen LogP contribution in [-0.4, -0.2) is 32.0 Å². The minimum absolute atomic E-state index is 0.184. The van der Waals surface area contributed by atoms with Crippen LogP contribution in [0.15, 0.2) is 0 Å². The maximum Gasteiger partial charge on any atom is 0.151 e. The van der Waals surface area contributed by atoms with Crippen molar-refractivity contribution in [3.05, 3.63) is 0 Å². The molecule has 0 aromatic carbocycles. The third-order valence-electron chi connectivity index (χ3n) is 3.23. The van der Waals surface area contributed by atoms with Gasteiger partial charge >= 0.3 is 0 Å². The zero-order valence-electron chi connectivity index (χ0n) is 9.29. The number of sulfone groups is 1. The van der Waals surface area contributed by atoms with Crippen LogP contribution in [0.4, 0.5) is 0 Å². The van der Waals surface area contributed by atoms with Gasteiger partial charge in [0.15, 0.2) is 9.84 Å². The summed E-state index contributed by atoms with van der Waals surface area (Å²) >= 11 is 0. The van der Waals surface area contributed by atoms with Gasteiger partial charge in [0.05, 0.1) is 11.5 Å². The molecular weight excluding hydrogens is 198 g/mol. The van der Waals surface area contributed by atoms with Gasteiger partial charge in [0.25, 0.3) is 0 Å². The second-order valence-electron chi connectivity index (χ2n) is 4.44. The van der Waals surface area contributed by atoms with Crippen molar-refractivity contribution in [2.45, 2.75) is 45.7 Å². The van der Waals surface area contributed by atoms with Crippen molar-refractivity contribution in [2.75, 3.05) is 11.5 Å². The van der Waals surface area contributed by atoms with Crippen molar-refractivity contribution >= 4 is 9.84 Å². The van der Waals surface area contributed by atoms with E-state index in [1.54, 1.807) is 0 Å². The van der Waals surface area contributed by atoms with Gasteiger partial charge in [-0.25, -0.2) is 8.42 Å². The summed E-state index contributed by atoms with van der Waals surface area (Å²) in [6, 6.07) is 0.599. The van der Waals surface area contributed by atoms with Crippen LogP contribution in [0.1, 0.15) is 33.6 Å². The lowest BCUT2D eigenvalue weighted by Gasteiger charge is -2.23. The molecule has 0 amide bonds. The second-order valence-corrected chi connectivity index (χ2v) is 6.67. The molecule has 1 fully saturated rings. The van der Waals surface area contributed by atoms with Gasteiger partial charge in [-0.2, -0.15) is 0 Å². The largest absolute Gasteiger partial charge is 0.310 e. The highest BCUT2D eigenvalue weighted by Gasteiger charge is 2.29. The Morgan fingerprint density at radius 3 is 2.50 bits per heavy atom. The van der Waals surface area contributed by atoms with E-state index in [4.69, 9.17) is 0 Å². The molecule has 0 bridgehead atoms. The molecule has 1 heterocycles. The second kappa shape index (κ2) is 4.62. The molecule has 0 aromatic heterocycles. The van der Waals surface area contributed by atoms with Crippen LogP contribution in [0.3, 0.4) is 0 Å². The molecule has 14 heavy (non-hydrogen) atoms. The summed E-state index contributed by atoms with van der Waals surface area (Å²) in [5, 5.41) is 3.41. The summed E-state index contributed by atoms with van der Waals surface area (Å²) in [7, 11) is -2.74. The van der Waals surface area contributed by atoms with Crippen molar-refractivity contribution in [1.82, 2.24) is 5.32 Å². The maximum absolute atomic E-state index is 11.2. The van der Waals surface area contributed by atoms with E-state index in [1.807, 2.05) is 0 Å². The average Bonchev–Trinajstić information content (AvgIpc) is 2.44. The zero-order valence-corrected chi connectivity index (χ0v) is 10.1. The minimum Gasteiger partial charge on any atom is -0.310 e. The predicted molar refractivity (Wildman–Crippen MR) is 59.1 cm³/mol. The molecule has 1 rings (SSSR count). The number of hydrogen-bond donors (Lipinski definition) is 1. The number of rotatable bonds is 4. The van der Waals surface area contributed by atoms with Crippen molar-refractivity contribution in [3.63, 3.8) is 0 Å². The Morgan fingerprint density at radius 2 is 2.07 bits per heavy atom. The summed E-state index contributed by atoms with van der Waals surface area (Å²) in [5.41, 5.74) is 0. The van der Waals surface area contributed by atoms with E-state index >= 15 is 0 Å². The van der Waals surface area contributed by atoms with E-state index in [-0.39, 0.29) is 6.04 Å². The van der Waals surface area contributed by atoms with Crippen LogP contribution in [-0.2, 0) is 9.84 Å². The summed E-state index contributed by atoms with van der Waals surface area (Å²) in [6.45, 7) is 6.49. The van der Waals surface area contributed by atoms with Crippen LogP contribution < -0.4 is 5.32 Å².